The first-order chi connectivity index (χ1) is 6.80. The molecule has 0 unspecified atom stereocenters. The Morgan fingerprint density at radius 3 is 1.47 bits per heavy atom. The van der Waals surface area contributed by atoms with Crippen LogP contribution in [0.1, 0.15) is 5.56 Å². The van der Waals surface area contributed by atoms with E-state index in [9.17, 15) is 4.39 Å². The third-order valence-corrected chi connectivity index (χ3v) is 1.08. The number of hydrogen-bond donors (Lipinski definition) is 0. The normalized spacial score (nSPS) is 5.73. The molecule has 0 heterocycles. The molecule has 1 aromatic rings. The second-order valence-corrected chi connectivity index (χ2v) is 1.75. The van der Waals surface area contributed by atoms with E-state index in [1.165, 1.54) is 6.07 Å². The average molecular weight is 246 g/mol. The van der Waals surface area contributed by atoms with Gasteiger partial charge in [-0.25, -0.2) is 4.39 Å². The third-order valence-electron chi connectivity index (χ3n) is 1.08. The van der Waals surface area contributed by atoms with E-state index in [1.807, 2.05) is 6.07 Å². The van der Waals surface area contributed by atoms with Crippen molar-refractivity contribution >= 4 is 20.4 Å². The molecule has 0 spiro atoms. The summed E-state index contributed by atoms with van der Waals surface area (Å²) in [4.78, 5) is 22.5. The molecule has 0 amide bonds. The fourth-order valence-corrected chi connectivity index (χ4v) is 0.551. The molecule has 0 atom stereocenters. The maximum absolute atomic E-state index is 12.3. The van der Waals surface area contributed by atoms with Crippen molar-refractivity contribution in [1.29, 1.82) is 0 Å². The van der Waals surface area contributed by atoms with Gasteiger partial charge in [0.2, 0.25) is 0 Å². The molecule has 6 radical (unpaired) electrons. The van der Waals surface area contributed by atoms with Crippen LogP contribution in [0.25, 0.3) is 0 Å². The summed E-state index contributed by atoms with van der Waals surface area (Å²) in [7, 11) is 0. The number of rotatable bonds is 0. The van der Waals surface area contributed by atoms with Crippen LogP contribution < -0.4 is 0 Å². The van der Waals surface area contributed by atoms with Gasteiger partial charge < -0.3 is 0 Å². The van der Waals surface area contributed by atoms with E-state index in [2.05, 4.69) is 20.4 Å². The fourth-order valence-electron chi connectivity index (χ4n) is 0.551. The van der Waals surface area contributed by atoms with Gasteiger partial charge in [0, 0.05) is 17.4 Å². The van der Waals surface area contributed by atoms with Crippen LogP contribution in [0, 0.1) is 12.7 Å². The van der Waals surface area contributed by atoms with Crippen LogP contribution in [-0.2, 0) is 31.7 Å². The zero-order chi connectivity index (χ0) is 12.0. The van der Waals surface area contributed by atoms with E-state index in [-0.39, 0.29) is 23.2 Å². The number of benzene rings is 1. The van der Waals surface area contributed by atoms with Gasteiger partial charge in [-0.1, -0.05) is 18.2 Å². The van der Waals surface area contributed by atoms with E-state index >= 15 is 0 Å². The van der Waals surface area contributed by atoms with Crippen LogP contribution in [0.15, 0.2) is 24.3 Å². The molecule has 0 saturated heterocycles. The van der Waals surface area contributed by atoms with Crippen LogP contribution in [0.3, 0.4) is 0 Å². The van der Waals surface area contributed by atoms with E-state index in [0.717, 1.165) is 0 Å². The molecule has 3 nitrogen and oxygen atoms in total. The van der Waals surface area contributed by atoms with Crippen molar-refractivity contribution in [2.75, 3.05) is 0 Å². The molecule has 0 saturated carbocycles. The van der Waals surface area contributed by atoms with Crippen molar-refractivity contribution in [2.45, 2.75) is 6.92 Å². The molecule has 15 heavy (non-hydrogen) atoms. The minimum atomic E-state index is -0.132. The average Bonchev–Trinajstić information content (AvgIpc) is 2.31. The topological polar surface area (TPSA) is 51.2 Å². The minimum absolute atomic E-state index is 0. The largest absolute Gasteiger partial charge is 0.281 e. The molecule has 5 heteroatoms. The summed E-state index contributed by atoms with van der Waals surface area (Å²) < 4.78 is 12.3. The van der Waals surface area contributed by atoms with Crippen LogP contribution in [-0.4, -0.2) is 20.4 Å². The summed E-state index contributed by atoms with van der Waals surface area (Å²) in [6, 6.07) is 6.70. The number of halogens is 1. The summed E-state index contributed by atoms with van der Waals surface area (Å²) in [5.74, 6) is -0.132. The molecule has 78 valence electrons. The van der Waals surface area contributed by atoms with E-state index < -0.39 is 0 Å². The number of hydrogen-bond acceptors (Lipinski definition) is 3. The SMILES string of the molecule is Cc1ccccc1F.[C]=O.[C]=O.[C]=O.[Cr]. The second kappa shape index (κ2) is 23.0. The van der Waals surface area contributed by atoms with Gasteiger partial charge in [-0.05, 0) is 18.6 Å². The third kappa shape index (κ3) is 15.4. The van der Waals surface area contributed by atoms with Crippen LogP contribution in [0.2, 0.25) is 0 Å². The fraction of sp³-hybridized carbons (Fsp3) is 0.100. The predicted octanol–water partition coefficient (Wildman–Crippen LogP) is 0.940. The Morgan fingerprint density at radius 1 is 0.933 bits per heavy atom. The Balaban J connectivity index is -0.0000000755. The minimum Gasteiger partial charge on any atom is -0.281 e. The molecule has 1 aromatic carbocycles. The van der Waals surface area contributed by atoms with Crippen molar-refractivity contribution in [3.8, 4) is 0 Å². The second-order valence-electron chi connectivity index (χ2n) is 1.75. The van der Waals surface area contributed by atoms with Gasteiger partial charge in [0.15, 0.2) is 0 Å². The van der Waals surface area contributed by atoms with Crippen molar-refractivity contribution < 1.29 is 36.1 Å². The van der Waals surface area contributed by atoms with Gasteiger partial charge in [-0.3, -0.25) is 14.4 Å². The maximum atomic E-state index is 12.3. The molecule has 1 rings (SSSR count). The van der Waals surface area contributed by atoms with Gasteiger partial charge in [0.1, 0.15) is 5.82 Å². The molecule has 0 aromatic heterocycles. The Labute approximate surface area is 99.4 Å². The summed E-state index contributed by atoms with van der Waals surface area (Å²) >= 11 is 0. The van der Waals surface area contributed by atoms with Crippen molar-refractivity contribution in [2.24, 2.45) is 0 Å². The van der Waals surface area contributed by atoms with E-state index in [1.54, 1.807) is 19.1 Å². The van der Waals surface area contributed by atoms with Crippen LogP contribution >= 0.6 is 0 Å². The first-order valence-electron chi connectivity index (χ1n) is 3.13. The van der Waals surface area contributed by atoms with Gasteiger partial charge in [0.05, 0.1) is 0 Å². The zero-order valence-electron chi connectivity index (χ0n) is 7.82. The molecular formula is C10H7CrFO3. The molecule has 0 aliphatic heterocycles. The Bertz CT molecular complexity index is 208. The van der Waals surface area contributed by atoms with Crippen molar-refractivity contribution in [3.05, 3.63) is 35.6 Å². The van der Waals surface area contributed by atoms with Crippen molar-refractivity contribution in [3.63, 3.8) is 0 Å². The van der Waals surface area contributed by atoms with Gasteiger partial charge in [-0.15, -0.1) is 0 Å². The molecule has 0 fully saturated rings. The standard InChI is InChI=1S/C7H7F.3CO.Cr/c1-6-4-2-3-5-7(6)8;3*1-2;/h2-5H,1H3;;;;. The van der Waals surface area contributed by atoms with Gasteiger partial charge in [0.25, 0.3) is 20.4 Å². The monoisotopic (exact) mass is 246 g/mol. The van der Waals surface area contributed by atoms with E-state index in [0.29, 0.717) is 5.56 Å². The zero-order valence-corrected chi connectivity index (χ0v) is 9.10. The van der Waals surface area contributed by atoms with Crippen molar-refractivity contribution in [1.82, 2.24) is 0 Å². The van der Waals surface area contributed by atoms with Gasteiger partial charge >= 0.3 is 0 Å². The Kier molecular flexibility index (Phi) is 35.9. The first-order valence-corrected chi connectivity index (χ1v) is 3.13. The summed E-state index contributed by atoms with van der Waals surface area (Å²) in [6.45, 7) is 15.2. The molecule has 0 bridgehead atoms. The summed E-state index contributed by atoms with van der Waals surface area (Å²) in [5, 5.41) is 0. The smallest absolute Gasteiger partial charge is 0.281 e. The predicted molar refractivity (Wildman–Crippen MR) is 48.2 cm³/mol. The summed E-state index contributed by atoms with van der Waals surface area (Å²) in [5.41, 5.74) is 0.701. The van der Waals surface area contributed by atoms with Crippen LogP contribution in [0.5, 0.6) is 0 Å². The van der Waals surface area contributed by atoms with E-state index in [4.69, 9.17) is 14.4 Å². The number of aryl methyl sites for hydroxylation is 1. The molecule has 0 aliphatic carbocycles. The Morgan fingerprint density at radius 2 is 1.27 bits per heavy atom. The Hall–Kier alpha value is -1.31. The summed E-state index contributed by atoms with van der Waals surface area (Å²) in [6.07, 6.45) is 0. The van der Waals surface area contributed by atoms with Gasteiger partial charge in [-0.2, -0.15) is 0 Å². The number of carbonyl (C=O) groups excluding carboxylic acids is 3. The molecule has 0 aliphatic rings. The first kappa shape index (κ1) is 23.5. The molecule has 0 N–H and O–H groups in total. The van der Waals surface area contributed by atoms with Crippen LogP contribution in [0.4, 0.5) is 4.39 Å². The maximum Gasteiger partial charge on any atom is 0.281 e. The molecular weight excluding hydrogens is 239 g/mol. The quantitative estimate of drug-likeness (QED) is 0.684.